The highest BCUT2D eigenvalue weighted by atomic mass is 16.5. The van der Waals surface area contributed by atoms with E-state index in [9.17, 15) is 5.11 Å². The van der Waals surface area contributed by atoms with E-state index in [1.54, 1.807) is 12.1 Å². The molecule has 3 N–H and O–H groups in total. The smallest absolute Gasteiger partial charge is 0.124 e. The van der Waals surface area contributed by atoms with E-state index in [1.807, 2.05) is 31.2 Å². The quantitative estimate of drug-likeness (QED) is 0.796. The van der Waals surface area contributed by atoms with E-state index in [1.165, 1.54) is 6.07 Å². The Morgan fingerprint density at radius 2 is 1.94 bits per heavy atom. The van der Waals surface area contributed by atoms with Crippen molar-refractivity contribution < 1.29 is 9.84 Å². The number of hydrogen-bond acceptors (Lipinski definition) is 3. The summed E-state index contributed by atoms with van der Waals surface area (Å²) in [4.78, 5) is 0. The summed E-state index contributed by atoms with van der Waals surface area (Å²) in [5.41, 5.74) is 7.90. The average Bonchev–Trinajstić information content (AvgIpc) is 2.30. The van der Waals surface area contributed by atoms with Crippen LogP contribution in [0.4, 0.5) is 5.69 Å². The van der Waals surface area contributed by atoms with E-state index >= 15 is 0 Å². The molecule has 0 spiro atoms. The van der Waals surface area contributed by atoms with Crippen molar-refractivity contribution in [3.8, 4) is 11.5 Å². The number of nitrogens with two attached hydrogens (primary N) is 1. The summed E-state index contributed by atoms with van der Waals surface area (Å²) in [6.45, 7) is 2.31. The maximum atomic E-state index is 9.68. The van der Waals surface area contributed by atoms with Gasteiger partial charge in [-0.2, -0.15) is 0 Å². The third kappa shape index (κ3) is 2.69. The van der Waals surface area contributed by atoms with E-state index in [-0.39, 0.29) is 5.75 Å². The van der Waals surface area contributed by atoms with Crippen molar-refractivity contribution in [2.45, 2.75) is 13.5 Å². The lowest BCUT2D eigenvalue weighted by Crippen LogP contribution is -1.98. The molecule has 0 aliphatic rings. The first-order valence-corrected chi connectivity index (χ1v) is 5.42. The van der Waals surface area contributed by atoms with Crippen LogP contribution in [-0.2, 0) is 6.61 Å². The molecular formula is C14H15NO2. The standard InChI is InChI=1S/C14H15NO2/c1-10-4-2-3-5-14(10)17-9-11-6-7-12(15)8-13(11)16/h2-8,16H,9,15H2,1H3. The molecule has 0 aliphatic carbocycles. The number of benzene rings is 2. The minimum Gasteiger partial charge on any atom is -0.507 e. The summed E-state index contributed by atoms with van der Waals surface area (Å²) in [6.07, 6.45) is 0. The molecule has 2 aromatic rings. The number of para-hydroxylation sites is 1. The maximum Gasteiger partial charge on any atom is 0.124 e. The predicted octanol–water partition coefficient (Wildman–Crippen LogP) is 2.86. The molecule has 88 valence electrons. The van der Waals surface area contributed by atoms with Gasteiger partial charge in [0.1, 0.15) is 18.1 Å². The Kier molecular flexibility index (Phi) is 3.19. The molecule has 0 unspecified atom stereocenters. The van der Waals surface area contributed by atoms with Gasteiger partial charge in [-0.3, -0.25) is 0 Å². The van der Waals surface area contributed by atoms with Crippen molar-refractivity contribution in [3.05, 3.63) is 53.6 Å². The molecule has 17 heavy (non-hydrogen) atoms. The number of aryl methyl sites for hydroxylation is 1. The zero-order valence-electron chi connectivity index (χ0n) is 9.68. The molecule has 2 rings (SSSR count). The third-order valence-corrected chi connectivity index (χ3v) is 2.59. The fourth-order valence-electron chi connectivity index (χ4n) is 1.58. The Morgan fingerprint density at radius 3 is 2.65 bits per heavy atom. The van der Waals surface area contributed by atoms with Gasteiger partial charge in [0.15, 0.2) is 0 Å². The van der Waals surface area contributed by atoms with E-state index in [2.05, 4.69) is 0 Å². The minimum absolute atomic E-state index is 0.165. The van der Waals surface area contributed by atoms with E-state index in [4.69, 9.17) is 10.5 Å². The second kappa shape index (κ2) is 4.78. The summed E-state index contributed by atoms with van der Waals surface area (Å²) in [6, 6.07) is 12.8. The van der Waals surface area contributed by atoms with Crippen molar-refractivity contribution >= 4 is 5.69 Å². The Bertz CT molecular complexity index is 523. The predicted molar refractivity (Wildman–Crippen MR) is 68.0 cm³/mol. The third-order valence-electron chi connectivity index (χ3n) is 2.59. The van der Waals surface area contributed by atoms with Crippen LogP contribution in [0.25, 0.3) is 0 Å². The highest BCUT2D eigenvalue weighted by Crippen LogP contribution is 2.23. The highest BCUT2D eigenvalue weighted by molar-refractivity contribution is 5.47. The molecule has 0 aromatic heterocycles. The van der Waals surface area contributed by atoms with Gasteiger partial charge in [-0.15, -0.1) is 0 Å². The number of ether oxygens (including phenoxy) is 1. The second-order valence-corrected chi connectivity index (χ2v) is 3.94. The molecule has 0 saturated carbocycles. The van der Waals surface area contributed by atoms with E-state index in [0.717, 1.165) is 16.9 Å². The second-order valence-electron chi connectivity index (χ2n) is 3.94. The molecule has 0 heterocycles. The lowest BCUT2D eigenvalue weighted by Gasteiger charge is -2.10. The van der Waals surface area contributed by atoms with Crippen LogP contribution < -0.4 is 10.5 Å². The zero-order valence-corrected chi connectivity index (χ0v) is 9.68. The Morgan fingerprint density at radius 1 is 1.18 bits per heavy atom. The zero-order chi connectivity index (χ0) is 12.3. The number of aromatic hydroxyl groups is 1. The van der Waals surface area contributed by atoms with Gasteiger partial charge in [-0.05, 0) is 30.7 Å². The average molecular weight is 229 g/mol. The van der Waals surface area contributed by atoms with E-state index in [0.29, 0.717) is 12.3 Å². The van der Waals surface area contributed by atoms with Crippen LogP contribution in [0.1, 0.15) is 11.1 Å². The molecule has 0 atom stereocenters. The fourth-order valence-corrected chi connectivity index (χ4v) is 1.58. The molecule has 2 aromatic carbocycles. The van der Waals surface area contributed by atoms with Crippen LogP contribution in [-0.4, -0.2) is 5.11 Å². The normalized spacial score (nSPS) is 10.2. The Hall–Kier alpha value is -2.16. The van der Waals surface area contributed by atoms with Crippen molar-refractivity contribution in [3.63, 3.8) is 0 Å². The van der Waals surface area contributed by atoms with Crippen LogP contribution in [0.15, 0.2) is 42.5 Å². The number of phenolic OH excluding ortho intramolecular Hbond substituents is 1. The summed E-state index contributed by atoms with van der Waals surface area (Å²) in [5.74, 6) is 0.988. The van der Waals surface area contributed by atoms with Crippen molar-refractivity contribution in [1.29, 1.82) is 0 Å². The molecular weight excluding hydrogens is 214 g/mol. The first kappa shape index (κ1) is 11.3. The number of rotatable bonds is 3. The van der Waals surface area contributed by atoms with Crippen molar-refractivity contribution in [2.75, 3.05) is 5.73 Å². The van der Waals surface area contributed by atoms with Gasteiger partial charge in [-0.25, -0.2) is 0 Å². The molecule has 0 aliphatic heterocycles. The molecule has 3 nitrogen and oxygen atoms in total. The number of phenols is 1. The minimum atomic E-state index is 0.165. The van der Waals surface area contributed by atoms with Crippen LogP contribution in [0.2, 0.25) is 0 Å². The first-order chi connectivity index (χ1) is 8.16. The molecule has 3 heteroatoms. The van der Waals surface area contributed by atoms with Gasteiger partial charge < -0.3 is 15.6 Å². The highest BCUT2D eigenvalue weighted by Gasteiger charge is 2.03. The largest absolute Gasteiger partial charge is 0.507 e. The fraction of sp³-hybridized carbons (Fsp3) is 0.143. The topological polar surface area (TPSA) is 55.5 Å². The summed E-state index contributed by atoms with van der Waals surface area (Å²) < 4.78 is 5.64. The van der Waals surface area contributed by atoms with Crippen LogP contribution in [0.3, 0.4) is 0 Å². The van der Waals surface area contributed by atoms with Crippen molar-refractivity contribution in [2.24, 2.45) is 0 Å². The van der Waals surface area contributed by atoms with Gasteiger partial charge in [-0.1, -0.05) is 18.2 Å². The molecule has 0 saturated heterocycles. The first-order valence-electron chi connectivity index (χ1n) is 5.42. The summed E-state index contributed by atoms with van der Waals surface area (Å²) >= 11 is 0. The SMILES string of the molecule is Cc1ccccc1OCc1ccc(N)cc1O. The van der Waals surface area contributed by atoms with E-state index < -0.39 is 0 Å². The molecule has 0 fully saturated rings. The van der Waals surface area contributed by atoms with Gasteiger partial charge >= 0.3 is 0 Å². The summed E-state index contributed by atoms with van der Waals surface area (Å²) in [7, 11) is 0. The lowest BCUT2D eigenvalue weighted by molar-refractivity contribution is 0.297. The van der Waals surface area contributed by atoms with Gasteiger partial charge in [0.2, 0.25) is 0 Å². The monoisotopic (exact) mass is 229 g/mol. The summed E-state index contributed by atoms with van der Waals surface area (Å²) in [5, 5.41) is 9.68. The molecule has 0 amide bonds. The maximum absolute atomic E-state index is 9.68. The van der Waals surface area contributed by atoms with Gasteiger partial charge in [0.25, 0.3) is 0 Å². The number of hydrogen-bond donors (Lipinski definition) is 2. The van der Waals surface area contributed by atoms with Crippen molar-refractivity contribution in [1.82, 2.24) is 0 Å². The Labute approximate surface area is 100 Å². The van der Waals surface area contributed by atoms with Gasteiger partial charge in [0, 0.05) is 17.3 Å². The van der Waals surface area contributed by atoms with Crippen LogP contribution >= 0.6 is 0 Å². The van der Waals surface area contributed by atoms with Crippen LogP contribution in [0.5, 0.6) is 11.5 Å². The van der Waals surface area contributed by atoms with Gasteiger partial charge in [0.05, 0.1) is 0 Å². The lowest BCUT2D eigenvalue weighted by atomic mass is 10.2. The Balaban J connectivity index is 2.10. The number of nitrogen functional groups attached to an aromatic ring is 1. The van der Waals surface area contributed by atoms with Crippen LogP contribution in [0, 0.1) is 6.92 Å². The number of anilines is 1. The molecule has 0 radical (unpaired) electrons. The molecule has 0 bridgehead atoms.